The first-order chi connectivity index (χ1) is 16.0. The minimum atomic E-state index is -0.00798. The maximum atomic E-state index is 12.1. The Balaban J connectivity index is 1.91. The van der Waals surface area contributed by atoms with Crippen molar-refractivity contribution in [3.8, 4) is 0 Å². The Morgan fingerprint density at radius 3 is 1.70 bits per heavy atom. The van der Waals surface area contributed by atoms with Gasteiger partial charge in [-0.25, -0.2) is 0 Å². The summed E-state index contributed by atoms with van der Waals surface area (Å²) in [6.45, 7) is 18.0. The summed E-state index contributed by atoms with van der Waals surface area (Å²) in [4.78, 5) is 19.0. The number of likely N-dealkylation sites (N-methyl/N-ethyl adjacent to an activating group) is 3. The van der Waals surface area contributed by atoms with Crippen molar-refractivity contribution in [1.82, 2.24) is 9.80 Å². The van der Waals surface area contributed by atoms with Crippen LogP contribution in [0.5, 0.6) is 0 Å². The molecule has 0 unspecified atom stereocenters. The molecule has 2 aromatic carbocycles. The van der Waals surface area contributed by atoms with E-state index in [-0.39, 0.29) is 5.91 Å². The molecule has 0 aliphatic heterocycles. The Hall–Kier alpha value is -2.77. The maximum Gasteiger partial charge on any atom is 0.238 e. The van der Waals surface area contributed by atoms with Gasteiger partial charge in [0.15, 0.2) is 0 Å². The standard InChI is InChI=1S/C26H40N6O/c1-6-30(7-2)19-20-32(10-5)25-17-15-24(16-18-25)29-28-23-13-11-22(12-14-23)27-26(33)21-31(8-3)9-4/h11-18H,6-10,19-21H2,1-5H3,(H,27,33). The molecule has 7 heteroatoms. The molecule has 0 atom stereocenters. The normalized spacial score (nSPS) is 11.5. The van der Waals surface area contributed by atoms with E-state index < -0.39 is 0 Å². The fourth-order valence-electron chi connectivity index (χ4n) is 3.58. The Morgan fingerprint density at radius 2 is 1.21 bits per heavy atom. The van der Waals surface area contributed by atoms with Crippen LogP contribution in [-0.4, -0.2) is 68.1 Å². The first-order valence-corrected chi connectivity index (χ1v) is 12.1. The lowest BCUT2D eigenvalue weighted by Gasteiger charge is -2.27. The summed E-state index contributed by atoms with van der Waals surface area (Å²) in [7, 11) is 0. The molecule has 0 aliphatic carbocycles. The molecule has 0 aromatic heterocycles. The second kappa shape index (κ2) is 14.4. The summed E-state index contributed by atoms with van der Waals surface area (Å²) in [5, 5.41) is 11.6. The zero-order valence-corrected chi connectivity index (χ0v) is 20.9. The molecule has 180 valence electrons. The Labute approximate surface area is 199 Å². The van der Waals surface area contributed by atoms with Crippen LogP contribution in [-0.2, 0) is 4.79 Å². The number of carbonyl (C=O) groups excluding carboxylic acids is 1. The molecule has 2 rings (SSSR count). The predicted octanol–water partition coefficient (Wildman–Crippen LogP) is 5.55. The van der Waals surface area contributed by atoms with E-state index in [1.165, 1.54) is 5.69 Å². The van der Waals surface area contributed by atoms with Gasteiger partial charge in [0.05, 0.1) is 17.9 Å². The molecule has 1 N–H and O–H groups in total. The number of anilines is 2. The molecule has 7 nitrogen and oxygen atoms in total. The highest BCUT2D eigenvalue weighted by molar-refractivity contribution is 5.92. The van der Waals surface area contributed by atoms with Crippen LogP contribution in [0.3, 0.4) is 0 Å². The SMILES string of the molecule is CCN(CC)CCN(CC)c1ccc(N=Nc2ccc(NC(=O)CN(CC)CC)cc2)cc1. The monoisotopic (exact) mass is 452 g/mol. The molecule has 1 amide bonds. The largest absolute Gasteiger partial charge is 0.371 e. The van der Waals surface area contributed by atoms with Crippen LogP contribution < -0.4 is 10.2 Å². The third-order valence-electron chi connectivity index (χ3n) is 5.87. The number of hydrogen-bond donors (Lipinski definition) is 1. The van der Waals surface area contributed by atoms with Gasteiger partial charge in [0, 0.05) is 31.0 Å². The lowest BCUT2D eigenvalue weighted by Crippen LogP contribution is -2.35. The third kappa shape index (κ3) is 8.94. The van der Waals surface area contributed by atoms with Crippen LogP contribution in [0.1, 0.15) is 34.6 Å². The van der Waals surface area contributed by atoms with E-state index in [0.29, 0.717) is 6.54 Å². The molecule has 2 aromatic rings. The van der Waals surface area contributed by atoms with Gasteiger partial charge in [0.1, 0.15) is 0 Å². The highest BCUT2D eigenvalue weighted by Gasteiger charge is 2.08. The summed E-state index contributed by atoms with van der Waals surface area (Å²) in [5.41, 5.74) is 3.53. The van der Waals surface area contributed by atoms with E-state index in [1.807, 2.05) is 36.4 Å². The quantitative estimate of drug-likeness (QED) is 0.382. The van der Waals surface area contributed by atoms with Crippen molar-refractivity contribution in [2.75, 3.05) is 62.6 Å². The third-order valence-corrected chi connectivity index (χ3v) is 5.87. The highest BCUT2D eigenvalue weighted by atomic mass is 16.2. The summed E-state index contributed by atoms with van der Waals surface area (Å²) in [6.07, 6.45) is 0. The summed E-state index contributed by atoms with van der Waals surface area (Å²) in [5.74, 6) is -0.00798. The van der Waals surface area contributed by atoms with Crippen molar-refractivity contribution in [3.63, 3.8) is 0 Å². The van der Waals surface area contributed by atoms with Gasteiger partial charge in [-0.3, -0.25) is 9.69 Å². The van der Waals surface area contributed by atoms with E-state index in [2.05, 4.69) is 77.0 Å². The minimum absolute atomic E-state index is 0.00798. The molecule has 0 saturated carbocycles. The fourth-order valence-corrected chi connectivity index (χ4v) is 3.58. The van der Waals surface area contributed by atoms with Gasteiger partial charge < -0.3 is 15.1 Å². The zero-order valence-electron chi connectivity index (χ0n) is 20.9. The number of nitrogens with one attached hydrogen (secondary N) is 1. The average molecular weight is 453 g/mol. The molecule has 0 radical (unpaired) electrons. The van der Waals surface area contributed by atoms with E-state index in [9.17, 15) is 4.79 Å². The highest BCUT2D eigenvalue weighted by Crippen LogP contribution is 2.23. The molecule has 0 spiro atoms. The molecular weight excluding hydrogens is 412 g/mol. The van der Waals surface area contributed by atoms with Gasteiger partial charge in [-0.1, -0.05) is 27.7 Å². The van der Waals surface area contributed by atoms with Gasteiger partial charge in [-0.05, 0) is 81.6 Å². The van der Waals surface area contributed by atoms with Gasteiger partial charge in [-0.15, -0.1) is 0 Å². The van der Waals surface area contributed by atoms with Crippen molar-refractivity contribution in [1.29, 1.82) is 0 Å². The predicted molar refractivity (Wildman–Crippen MR) is 139 cm³/mol. The Bertz CT molecular complexity index is 842. The number of azo groups is 1. The molecule has 0 heterocycles. The fraction of sp³-hybridized carbons (Fsp3) is 0.500. The zero-order chi connectivity index (χ0) is 24.1. The molecule has 0 bridgehead atoms. The second-order valence-corrected chi connectivity index (χ2v) is 7.88. The van der Waals surface area contributed by atoms with Crippen LogP contribution >= 0.6 is 0 Å². The first-order valence-electron chi connectivity index (χ1n) is 12.1. The van der Waals surface area contributed by atoms with E-state index in [0.717, 1.165) is 62.9 Å². The molecular formula is C26H40N6O. The molecule has 0 fully saturated rings. The van der Waals surface area contributed by atoms with Crippen molar-refractivity contribution >= 4 is 28.7 Å². The lowest BCUT2D eigenvalue weighted by atomic mass is 10.2. The number of amides is 1. The van der Waals surface area contributed by atoms with Crippen molar-refractivity contribution in [3.05, 3.63) is 48.5 Å². The number of hydrogen-bond acceptors (Lipinski definition) is 6. The number of benzene rings is 2. The van der Waals surface area contributed by atoms with Crippen LogP contribution in [0, 0.1) is 0 Å². The van der Waals surface area contributed by atoms with E-state index in [4.69, 9.17) is 0 Å². The average Bonchev–Trinajstić information content (AvgIpc) is 2.85. The second-order valence-electron chi connectivity index (χ2n) is 7.88. The van der Waals surface area contributed by atoms with Crippen molar-refractivity contribution in [2.24, 2.45) is 10.2 Å². The number of rotatable bonds is 14. The maximum absolute atomic E-state index is 12.1. The Kier molecular flexibility index (Phi) is 11.6. The number of nitrogens with zero attached hydrogens (tertiary/aromatic N) is 5. The van der Waals surface area contributed by atoms with Crippen molar-refractivity contribution in [2.45, 2.75) is 34.6 Å². The van der Waals surface area contributed by atoms with Crippen LogP contribution in [0.2, 0.25) is 0 Å². The van der Waals surface area contributed by atoms with Gasteiger partial charge in [-0.2, -0.15) is 10.2 Å². The molecule has 0 saturated heterocycles. The van der Waals surface area contributed by atoms with Crippen LogP contribution in [0.4, 0.5) is 22.7 Å². The van der Waals surface area contributed by atoms with Crippen LogP contribution in [0.15, 0.2) is 58.8 Å². The first kappa shape index (κ1) is 26.5. The topological polar surface area (TPSA) is 63.5 Å². The Morgan fingerprint density at radius 1 is 0.697 bits per heavy atom. The summed E-state index contributed by atoms with van der Waals surface area (Å²) in [6, 6.07) is 15.6. The summed E-state index contributed by atoms with van der Waals surface area (Å²) < 4.78 is 0. The van der Waals surface area contributed by atoms with Gasteiger partial charge >= 0.3 is 0 Å². The minimum Gasteiger partial charge on any atom is -0.371 e. The smallest absolute Gasteiger partial charge is 0.238 e. The van der Waals surface area contributed by atoms with Crippen molar-refractivity contribution < 1.29 is 4.79 Å². The van der Waals surface area contributed by atoms with Crippen LogP contribution in [0.25, 0.3) is 0 Å². The van der Waals surface area contributed by atoms with E-state index in [1.54, 1.807) is 0 Å². The lowest BCUT2D eigenvalue weighted by molar-refractivity contribution is -0.117. The van der Waals surface area contributed by atoms with E-state index >= 15 is 0 Å². The van der Waals surface area contributed by atoms with Gasteiger partial charge in [0.2, 0.25) is 5.91 Å². The van der Waals surface area contributed by atoms with Gasteiger partial charge in [0.25, 0.3) is 0 Å². The summed E-state index contributed by atoms with van der Waals surface area (Å²) >= 11 is 0. The number of carbonyl (C=O) groups is 1. The molecule has 33 heavy (non-hydrogen) atoms. The molecule has 0 aliphatic rings.